The Morgan fingerprint density at radius 2 is 1.75 bits per heavy atom. The maximum atomic E-state index is 13.3. The number of hydrogen-bond acceptors (Lipinski definition) is 3. The molecule has 0 aliphatic carbocycles. The highest BCUT2D eigenvalue weighted by molar-refractivity contribution is 7.99. The smallest absolute Gasteiger partial charge is 0.258 e. The molecule has 0 spiro atoms. The molecular weight excluding hydrogens is 277 g/mol. The Hall–Kier alpha value is -1.88. The standard InChI is InChI=1S/C15H14FNO2S/c1-10(2)11-3-5-14(6-4-11)20-15-8-12(16)7-13(9-15)17(18)19/h3-10H,1-2H3. The number of rotatable bonds is 4. The molecule has 2 aromatic rings. The summed E-state index contributed by atoms with van der Waals surface area (Å²) in [7, 11) is 0. The molecule has 0 fully saturated rings. The fourth-order valence-electron chi connectivity index (χ4n) is 1.77. The normalized spacial score (nSPS) is 10.8. The van der Waals surface area contributed by atoms with E-state index in [9.17, 15) is 14.5 Å². The van der Waals surface area contributed by atoms with Gasteiger partial charge in [-0.1, -0.05) is 37.7 Å². The van der Waals surface area contributed by atoms with Crippen molar-refractivity contribution >= 4 is 17.4 Å². The topological polar surface area (TPSA) is 43.1 Å². The van der Waals surface area contributed by atoms with Crippen molar-refractivity contribution in [2.24, 2.45) is 0 Å². The average molecular weight is 291 g/mol. The van der Waals surface area contributed by atoms with Gasteiger partial charge >= 0.3 is 0 Å². The lowest BCUT2D eigenvalue weighted by atomic mass is 10.0. The molecule has 0 aliphatic rings. The van der Waals surface area contributed by atoms with Gasteiger partial charge in [-0.25, -0.2) is 4.39 Å². The number of benzene rings is 2. The number of halogens is 1. The minimum absolute atomic E-state index is 0.230. The number of nitro groups is 1. The van der Waals surface area contributed by atoms with Gasteiger partial charge in [0.15, 0.2) is 0 Å². The monoisotopic (exact) mass is 291 g/mol. The molecule has 0 bridgehead atoms. The second-order valence-electron chi connectivity index (χ2n) is 4.73. The van der Waals surface area contributed by atoms with E-state index >= 15 is 0 Å². The van der Waals surface area contributed by atoms with Crippen LogP contribution >= 0.6 is 11.8 Å². The Labute approximate surface area is 121 Å². The van der Waals surface area contributed by atoms with Crippen LogP contribution in [0.4, 0.5) is 10.1 Å². The van der Waals surface area contributed by atoms with E-state index in [2.05, 4.69) is 13.8 Å². The van der Waals surface area contributed by atoms with E-state index in [1.807, 2.05) is 24.3 Å². The van der Waals surface area contributed by atoms with Crippen molar-refractivity contribution in [3.63, 3.8) is 0 Å². The Bertz CT molecular complexity index is 626. The summed E-state index contributed by atoms with van der Waals surface area (Å²) < 4.78 is 13.3. The highest BCUT2D eigenvalue weighted by Gasteiger charge is 2.10. The third-order valence-electron chi connectivity index (χ3n) is 2.85. The van der Waals surface area contributed by atoms with Crippen LogP contribution in [0, 0.1) is 15.9 Å². The van der Waals surface area contributed by atoms with Crippen LogP contribution in [0.3, 0.4) is 0 Å². The van der Waals surface area contributed by atoms with Gasteiger partial charge < -0.3 is 0 Å². The van der Waals surface area contributed by atoms with Crippen molar-refractivity contribution in [1.29, 1.82) is 0 Å². The molecule has 0 heterocycles. The predicted molar refractivity (Wildman–Crippen MR) is 77.7 cm³/mol. The van der Waals surface area contributed by atoms with E-state index in [0.29, 0.717) is 10.8 Å². The summed E-state index contributed by atoms with van der Waals surface area (Å²) in [6.45, 7) is 4.22. The van der Waals surface area contributed by atoms with Gasteiger partial charge in [-0.05, 0) is 29.7 Å². The fourth-order valence-corrected chi connectivity index (χ4v) is 2.66. The molecule has 0 radical (unpaired) electrons. The molecule has 20 heavy (non-hydrogen) atoms. The lowest BCUT2D eigenvalue weighted by Gasteiger charge is -2.07. The van der Waals surface area contributed by atoms with E-state index in [1.54, 1.807) is 0 Å². The molecule has 2 rings (SSSR count). The Kier molecular flexibility index (Phi) is 4.39. The molecule has 0 aromatic heterocycles. The number of nitrogens with zero attached hydrogens (tertiary/aromatic N) is 1. The summed E-state index contributed by atoms with van der Waals surface area (Å²) >= 11 is 1.31. The molecule has 5 heteroatoms. The van der Waals surface area contributed by atoms with Crippen LogP contribution < -0.4 is 0 Å². The lowest BCUT2D eigenvalue weighted by Crippen LogP contribution is -1.90. The molecule has 0 saturated heterocycles. The first kappa shape index (κ1) is 14.5. The maximum Gasteiger partial charge on any atom is 0.273 e. The Balaban J connectivity index is 2.23. The third-order valence-corrected chi connectivity index (χ3v) is 3.83. The van der Waals surface area contributed by atoms with Crippen LogP contribution in [-0.2, 0) is 0 Å². The van der Waals surface area contributed by atoms with Gasteiger partial charge in [0.2, 0.25) is 0 Å². The van der Waals surface area contributed by atoms with Gasteiger partial charge in [0.25, 0.3) is 5.69 Å². The zero-order valence-electron chi connectivity index (χ0n) is 11.2. The van der Waals surface area contributed by atoms with Gasteiger partial charge in [-0.15, -0.1) is 0 Å². The first-order valence-electron chi connectivity index (χ1n) is 6.18. The van der Waals surface area contributed by atoms with Crippen LogP contribution in [0.25, 0.3) is 0 Å². The van der Waals surface area contributed by atoms with Gasteiger partial charge in [0.1, 0.15) is 5.82 Å². The summed E-state index contributed by atoms with van der Waals surface area (Å²) in [5.41, 5.74) is 0.992. The van der Waals surface area contributed by atoms with Crippen molar-refractivity contribution in [2.75, 3.05) is 0 Å². The summed E-state index contributed by atoms with van der Waals surface area (Å²) in [5, 5.41) is 10.7. The SMILES string of the molecule is CC(C)c1ccc(Sc2cc(F)cc([N+](=O)[O-])c2)cc1. The average Bonchev–Trinajstić information content (AvgIpc) is 2.38. The van der Waals surface area contributed by atoms with E-state index in [-0.39, 0.29) is 5.69 Å². The zero-order chi connectivity index (χ0) is 14.7. The molecule has 0 N–H and O–H groups in total. The molecule has 0 atom stereocenters. The maximum absolute atomic E-state index is 13.3. The molecule has 2 aromatic carbocycles. The third kappa shape index (κ3) is 3.57. The van der Waals surface area contributed by atoms with Crippen LogP contribution in [0.2, 0.25) is 0 Å². The minimum atomic E-state index is -0.597. The quantitative estimate of drug-likeness (QED) is 0.587. The fraction of sp³-hybridized carbons (Fsp3) is 0.200. The van der Waals surface area contributed by atoms with E-state index in [0.717, 1.165) is 11.0 Å². The van der Waals surface area contributed by atoms with Gasteiger partial charge in [-0.2, -0.15) is 0 Å². The lowest BCUT2D eigenvalue weighted by molar-refractivity contribution is -0.385. The highest BCUT2D eigenvalue weighted by Crippen LogP contribution is 2.31. The van der Waals surface area contributed by atoms with Gasteiger partial charge in [0.05, 0.1) is 11.0 Å². The summed E-state index contributed by atoms with van der Waals surface area (Å²) in [6, 6.07) is 11.5. The van der Waals surface area contributed by atoms with Gasteiger partial charge in [0, 0.05) is 15.9 Å². The molecule has 0 aliphatic heterocycles. The summed E-state index contributed by atoms with van der Waals surface area (Å²) in [6.07, 6.45) is 0. The minimum Gasteiger partial charge on any atom is -0.258 e. The predicted octanol–water partition coefficient (Wildman–Crippen LogP) is 5.01. The van der Waals surface area contributed by atoms with Crippen LogP contribution in [-0.4, -0.2) is 4.92 Å². The molecule has 0 amide bonds. The number of nitro benzene ring substituents is 1. The van der Waals surface area contributed by atoms with E-state index < -0.39 is 10.7 Å². The number of non-ortho nitro benzene ring substituents is 1. The molecule has 104 valence electrons. The van der Waals surface area contributed by atoms with Crippen molar-refractivity contribution in [3.8, 4) is 0 Å². The first-order valence-corrected chi connectivity index (χ1v) is 7.00. The molecule has 0 saturated carbocycles. The van der Waals surface area contributed by atoms with Crippen molar-refractivity contribution in [2.45, 2.75) is 29.6 Å². The van der Waals surface area contributed by atoms with Crippen LogP contribution in [0.5, 0.6) is 0 Å². The number of hydrogen-bond donors (Lipinski definition) is 0. The van der Waals surface area contributed by atoms with Crippen molar-refractivity contribution in [3.05, 3.63) is 64.0 Å². The van der Waals surface area contributed by atoms with E-state index in [4.69, 9.17) is 0 Å². The Morgan fingerprint density at radius 1 is 1.10 bits per heavy atom. The second-order valence-corrected chi connectivity index (χ2v) is 5.87. The van der Waals surface area contributed by atoms with Crippen LogP contribution in [0.15, 0.2) is 52.3 Å². The second kappa shape index (κ2) is 6.05. The highest BCUT2D eigenvalue weighted by atomic mass is 32.2. The first-order chi connectivity index (χ1) is 9.45. The molecule has 0 unspecified atom stereocenters. The summed E-state index contributed by atoms with van der Waals surface area (Å²) in [4.78, 5) is 11.6. The van der Waals surface area contributed by atoms with Crippen LogP contribution in [0.1, 0.15) is 25.3 Å². The van der Waals surface area contributed by atoms with E-state index in [1.165, 1.54) is 29.5 Å². The molecular formula is C15H14FNO2S. The Morgan fingerprint density at radius 3 is 2.30 bits per heavy atom. The van der Waals surface area contributed by atoms with Gasteiger partial charge in [-0.3, -0.25) is 10.1 Å². The van der Waals surface area contributed by atoms with Crippen molar-refractivity contribution < 1.29 is 9.31 Å². The molecule has 3 nitrogen and oxygen atoms in total. The van der Waals surface area contributed by atoms with Crippen molar-refractivity contribution in [1.82, 2.24) is 0 Å². The largest absolute Gasteiger partial charge is 0.273 e. The zero-order valence-corrected chi connectivity index (χ0v) is 12.0. The summed E-state index contributed by atoms with van der Waals surface area (Å²) in [5.74, 6) is -0.148.